The van der Waals surface area contributed by atoms with Gasteiger partial charge in [0.1, 0.15) is 0 Å². The molecule has 92 valence electrons. The van der Waals surface area contributed by atoms with Gasteiger partial charge in [0.05, 0.1) is 6.20 Å². The maximum Gasteiger partial charge on any atom is 0.0538 e. The van der Waals surface area contributed by atoms with E-state index in [4.69, 9.17) is 5.73 Å². The maximum atomic E-state index is 5.86. The number of nitrogens with two attached hydrogens (primary N) is 1. The van der Waals surface area contributed by atoms with Crippen LogP contribution in [0.5, 0.6) is 0 Å². The van der Waals surface area contributed by atoms with E-state index in [1.807, 2.05) is 24.1 Å². The lowest BCUT2D eigenvalue weighted by Crippen LogP contribution is -2.36. The Kier molecular flexibility index (Phi) is 4.10. The van der Waals surface area contributed by atoms with Crippen LogP contribution in [-0.2, 0) is 7.05 Å². The Hall–Kier alpha value is -0.870. The van der Waals surface area contributed by atoms with Crippen molar-refractivity contribution in [1.82, 2.24) is 14.7 Å². The van der Waals surface area contributed by atoms with Crippen molar-refractivity contribution in [2.75, 3.05) is 20.1 Å². The Morgan fingerprint density at radius 1 is 1.50 bits per heavy atom. The van der Waals surface area contributed by atoms with Crippen LogP contribution in [-0.4, -0.2) is 34.8 Å². The standard InChI is InChI=1S/C12H24N4/c1-12(2,3)9-15(4)11(6-13)10-7-14-16(5)8-10/h7-8,11H,6,9,13H2,1-5H3. The van der Waals surface area contributed by atoms with Crippen LogP contribution in [0.2, 0.25) is 0 Å². The molecule has 4 nitrogen and oxygen atoms in total. The van der Waals surface area contributed by atoms with Gasteiger partial charge in [-0.3, -0.25) is 9.58 Å². The average molecular weight is 224 g/mol. The van der Waals surface area contributed by atoms with E-state index in [2.05, 4.69) is 37.8 Å². The molecule has 0 spiro atoms. The fourth-order valence-electron chi connectivity index (χ4n) is 2.04. The minimum absolute atomic E-state index is 0.257. The van der Waals surface area contributed by atoms with Crippen LogP contribution >= 0.6 is 0 Å². The van der Waals surface area contributed by atoms with Gasteiger partial charge in [-0.2, -0.15) is 5.10 Å². The number of nitrogens with zero attached hydrogens (tertiary/aromatic N) is 3. The zero-order valence-electron chi connectivity index (χ0n) is 11.1. The second-order valence-corrected chi connectivity index (χ2v) is 5.67. The van der Waals surface area contributed by atoms with Crippen molar-refractivity contribution in [3.05, 3.63) is 18.0 Å². The normalized spacial score (nSPS) is 14.4. The van der Waals surface area contributed by atoms with E-state index in [1.54, 1.807) is 0 Å². The minimum atomic E-state index is 0.257. The van der Waals surface area contributed by atoms with Crippen LogP contribution < -0.4 is 5.73 Å². The van der Waals surface area contributed by atoms with Gasteiger partial charge < -0.3 is 5.73 Å². The lowest BCUT2D eigenvalue weighted by Gasteiger charge is -2.32. The maximum absolute atomic E-state index is 5.86. The Morgan fingerprint density at radius 3 is 2.50 bits per heavy atom. The molecule has 0 saturated carbocycles. The molecule has 0 bridgehead atoms. The first-order valence-corrected chi connectivity index (χ1v) is 5.72. The zero-order valence-corrected chi connectivity index (χ0v) is 11.1. The molecule has 1 aromatic rings. The lowest BCUT2D eigenvalue weighted by molar-refractivity contribution is 0.175. The number of rotatable bonds is 4. The van der Waals surface area contributed by atoms with Gasteiger partial charge in [-0.1, -0.05) is 20.8 Å². The zero-order chi connectivity index (χ0) is 12.3. The van der Waals surface area contributed by atoms with Crippen molar-refractivity contribution >= 4 is 0 Å². The summed E-state index contributed by atoms with van der Waals surface area (Å²) in [5, 5.41) is 4.20. The molecule has 0 aliphatic rings. The molecule has 0 radical (unpaired) electrons. The second-order valence-electron chi connectivity index (χ2n) is 5.67. The van der Waals surface area contributed by atoms with Crippen LogP contribution in [0.15, 0.2) is 12.4 Å². The summed E-state index contributed by atoms with van der Waals surface area (Å²) in [6.07, 6.45) is 3.94. The van der Waals surface area contributed by atoms with Crippen LogP contribution in [0, 0.1) is 5.41 Å². The van der Waals surface area contributed by atoms with Gasteiger partial charge in [0.2, 0.25) is 0 Å². The van der Waals surface area contributed by atoms with Crippen molar-refractivity contribution in [1.29, 1.82) is 0 Å². The van der Waals surface area contributed by atoms with E-state index in [1.165, 1.54) is 5.56 Å². The van der Waals surface area contributed by atoms with Crippen LogP contribution in [0.1, 0.15) is 32.4 Å². The van der Waals surface area contributed by atoms with E-state index in [0.29, 0.717) is 6.54 Å². The number of likely N-dealkylation sites (N-methyl/N-ethyl adjacent to an activating group) is 1. The van der Waals surface area contributed by atoms with Crippen molar-refractivity contribution < 1.29 is 0 Å². The van der Waals surface area contributed by atoms with Gasteiger partial charge in [0.25, 0.3) is 0 Å². The third-order valence-electron chi connectivity index (χ3n) is 2.59. The van der Waals surface area contributed by atoms with Crippen LogP contribution in [0.4, 0.5) is 0 Å². The van der Waals surface area contributed by atoms with Gasteiger partial charge in [-0.05, 0) is 12.5 Å². The molecular weight excluding hydrogens is 200 g/mol. The molecule has 2 N–H and O–H groups in total. The molecule has 0 aliphatic carbocycles. The van der Waals surface area contributed by atoms with Gasteiger partial charge in [0.15, 0.2) is 0 Å². The highest BCUT2D eigenvalue weighted by molar-refractivity contribution is 5.11. The smallest absolute Gasteiger partial charge is 0.0538 e. The molecule has 1 atom stereocenters. The molecule has 1 rings (SSSR count). The molecule has 1 aromatic heterocycles. The molecule has 0 aliphatic heterocycles. The quantitative estimate of drug-likeness (QED) is 0.841. The molecule has 1 unspecified atom stereocenters. The summed E-state index contributed by atoms with van der Waals surface area (Å²) >= 11 is 0. The predicted molar refractivity (Wildman–Crippen MR) is 67.1 cm³/mol. The monoisotopic (exact) mass is 224 g/mol. The Morgan fingerprint density at radius 2 is 2.12 bits per heavy atom. The number of aromatic nitrogens is 2. The summed E-state index contributed by atoms with van der Waals surface area (Å²) < 4.78 is 1.82. The SMILES string of the molecule is CN(CC(C)(C)C)C(CN)c1cnn(C)c1. The van der Waals surface area contributed by atoms with E-state index in [-0.39, 0.29) is 11.5 Å². The minimum Gasteiger partial charge on any atom is -0.329 e. The number of hydrogen-bond acceptors (Lipinski definition) is 3. The molecule has 0 saturated heterocycles. The highest BCUT2D eigenvalue weighted by Crippen LogP contribution is 2.22. The molecular formula is C12H24N4. The lowest BCUT2D eigenvalue weighted by atomic mass is 9.95. The summed E-state index contributed by atoms with van der Waals surface area (Å²) in [5.41, 5.74) is 7.33. The Bertz CT molecular complexity index is 324. The Labute approximate surface area is 98.4 Å². The van der Waals surface area contributed by atoms with E-state index in [9.17, 15) is 0 Å². The fraction of sp³-hybridized carbons (Fsp3) is 0.750. The van der Waals surface area contributed by atoms with Gasteiger partial charge >= 0.3 is 0 Å². The van der Waals surface area contributed by atoms with E-state index >= 15 is 0 Å². The highest BCUT2D eigenvalue weighted by Gasteiger charge is 2.21. The van der Waals surface area contributed by atoms with E-state index < -0.39 is 0 Å². The van der Waals surface area contributed by atoms with Gasteiger partial charge in [-0.25, -0.2) is 0 Å². The van der Waals surface area contributed by atoms with Crippen LogP contribution in [0.25, 0.3) is 0 Å². The van der Waals surface area contributed by atoms with Gasteiger partial charge in [-0.15, -0.1) is 0 Å². The van der Waals surface area contributed by atoms with Crippen molar-refractivity contribution in [3.8, 4) is 0 Å². The fourth-order valence-corrected chi connectivity index (χ4v) is 2.04. The molecule has 1 heterocycles. The third-order valence-corrected chi connectivity index (χ3v) is 2.59. The largest absolute Gasteiger partial charge is 0.329 e. The summed E-state index contributed by atoms with van der Waals surface area (Å²) in [4.78, 5) is 2.30. The molecule has 16 heavy (non-hydrogen) atoms. The first-order valence-electron chi connectivity index (χ1n) is 5.72. The molecule has 0 aromatic carbocycles. The molecule has 0 fully saturated rings. The second kappa shape index (κ2) is 4.97. The predicted octanol–water partition coefficient (Wildman–Crippen LogP) is 1.40. The molecule has 4 heteroatoms. The summed E-state index contributed by atoms with van der Waals surface area (Å²) in [7, 11) is 4.05. The molecule has 0 amide bonds. The topological polar surface area (TPSA) is 47.1 Å². The van der Waals surface area contributed by atoms with Crippen LogP contribution in [0.3, 0.4) is 0 Å². The summed E-state index contributed by atoms with van der Waals surface area (Å²) in [6, 6.07) is 0.257. The highest BCUT2D eigenvalue weighted by atomic mass is 15.2. The number of hydrogen-bond donors (Lipinski definition) is 1. The van der Waals surface area contributed by atoms with E-state index in [0.717, 1.165) is 6.54 Å². The van der Waals surface area contributed by atoms with Crippen molar-refractivity contribution in [2.45, 2.75) is 26.8 Å². The van der Waals surface area contributed by atoms with Gasteiger partial charge in [0, 0.05) is 37.9 Å². The average Bonchev–Trinajstić information content (AvgIpc) is 2.49. The summed E-state index contributed by atoms with van der Waals surface area (Å²) in [5.74, 6) is 0. The third kappa shape index (κ3) is 3.61. The first kappa shape index (κ1) is 13.2. The first-order chi connectivity index (χ1) is 7.33. The Balaban J connectivity index is 2.74. The van der Waals surface area contributed by atoms with Crippen molar-refractivity contribution in [3.63, 3.8) is 0 Å². The number of aryl methyl sites for hydroxylation is 1. The summed E-state index contributed by atoms with van der Waals surface area (Å²) in [6.45, 7) is 8.35. The van der Waals surface area contributed by atoms with Crippen molar-refractivity contribution in [2.24, 2.45) is 18.2 Å².